The molecule has 0 fully saturated rings. The molecule has 0 saturated carbocycles. The van der Waals surface area contributed by atoms with Gasteiger partial charge in [0.1, 0.15) is 5.75 Å². The summed E-state index contributed by atoms with van der Waals surface area (Å²) in [6, 6.07) is 29.9. The Balaban J connectivity index is 2.12. The lowest BCUT2D eigenvalue weighted by Gasteiger charge is -2.43. The largest absolute Gasteiger partial charge is 0.534 e. The van der Waals surface area contributed by atoms with E-state index in [2.05, 4.69) is 134 Å². The minimum absolute atomic E-state index is 0.0375. The molecule has 3 rings (SSSR count). The second kappa shape index (κ2) is 8.93. The highest BCUT2D eigenvalue weighted by molar-refractivity contribution is 9.09. The molecular formula is C25H27BrOSi. The third kappa shape index (κ3) is 4.31. The van der Waals surface area contributed by atoms with E-state index >= 15 is 0 Å². The third-order valence-electron chi connectivity index (χ3n) is 4.97. The maximum Gasteiger partial charge on any atom is 0.319 e. The van der Waals surface area contributed by atoms with Crippen LogP contribution in [-0.4, -0.2) is 13.6 Å². The van der Waals surface area contributed by atoms with E-state index in [-0.39, 0.29) is 5.04 Å². The Bertz CT molecular complexity index is 857. The SMILES string of the molecule is CC(C)(C)[Si](Oc1ccc(C=CCBr)cc1)(c1ccccc1)c1ccccc1. The number of benzene rings is 3. The number of allylic oxidation sites excluding steroid dienone is 1. The van der Waals surface area contributed by atoms with Crippen molar-refractivity contribution in [1.82, 2.24) is 0 Å². The first-order valence-corrected chi connectivity index (χ1v) is 12.6. The molecular weight excluding hydrogens is 424 g/mol. The minimum Gasteiger partial charge on any atom is -0.534 e. The number of hydrogen-bond acceptors (Lipinski definition) is 1. The number of rotatable bonds is 6. The lowest BCUT2D eigenvalue weighted by atomic mass is 10.2. The van der Waals surface area contributed by atoms with Gasteiger partial charge in [0.15, 0.2) is 0 Å². The van der Waals surface area contributed by atoms with Crippen molar-refractivity contribution in [2.75, 3.05) is 5.33 Å². The highest BCUT2D eigenvalue weighted by Gasteiger charge is 2.52. The van der Waals surface area contributed by atoms with Crippen LogP contribution in [0.1, 0.15) is 26.3 Å². The van der Waals surface area contributed by atoms with Crippen LogP contribution in [0.2, 0.25) is 5.04 Å². The van der Waals surface area contributed by atoms with Gasteiger partial charge in [0, 0.05) is 5.33 Å². The summed E-state index contributed by atoms with van der Waals surface area (Å²) in [6.45, 7) is 6.89. The Morgan fingerprint density at radius 2 is 1.29 bits per heavy atom. The lowest BCUT2D eigenvalue weighted by molar-refractivity contribution is 0.508. The summed E-state index contributed by atoms with van der Waals surface area (Å²) >= 11 is 3.43. The van der Waals surface area contributed by atoms with Gasteiger partial charge in [-0.3, -0.25) is 0 Å². The normalized spacial score (nSPS) is 12.3. The van der Waals surface area contributed by atoms with E-state index in [0.29, 0.717) is 0 Å². The predicted molar refractivity (Wildman–Crippen MR) is 128 cm³/mol. The molecule has 0 aliphatic carbocycles. The van der Waals surface area contributed by atoms with Crippen LogP contribution in [0.3, 0.4) is 0 Å². The Morgan fingerprint density at radius 3 is 1.71 bits per heavy atom. The Hall–Kier alpha value is -2.10. The van der Waals surface area contributed by atoms with Crippen molar-refractivity contribution in [3.8, 4) is 5.75 Å². The molecule has 0 amide bonds. The fourth-order valence-corrected chi connectivity index (χ4v) is 8.26. The van der Waals surface area contributed by atoms with Gasteiger partial charge in [0.2, 0.25) is 0 Å². The molecule has 0 unspecified atom stereocenters. The average Bonchev–Trinajstić information content (AvgIpc) is 2.72. The van der Waals surface area contributed by atoms with E-state index in [9.17, 15) is 0 Å². The summed E-state index contributed by atoms with van der Waals surface area (Å²) in [5, 5.41) is 3.39. The molecule has 144 valence electrons. The van der Waals surface area contributed by atoms with Gasteiger partial charge in [-0.1, -0.05) is 122 Å². The zero-order valence-corrected chi connectivity index (χ0v) is 19.3. The zero-order valence-electron chi connectivity index (χ0n) is 16.7. The van der Waals surface area contributed by atoms with Gasteiger partial charge < -0.3 is 4.43 Å². The molecule has 28 heavy (non-hydrogen) atoms. The summed E-state index contributed by atoms with van der Waals surface area (Å²) in [4.78, 5) is 0. The van der Waals surface area contributed by atoms with Gasteiger partial charge in [-0.05, 0) is 33.1 Å². The van der Waals surface area contributed by atoms with Crippen LogP contribution in [-0.2, 0) is 0 Å². The lowest BCUT2D eigenvalue weighted by Crippen LogP contribution is -2.68. The predicted octanol–water partition coefficient (Wildman–Crippen LogP) is 6.03. The molecule has 1 nitrogen and oxygen atoms in total. The fourth-order valence-electron chi connectivity index (χ4n) is 3.65. The summed E-state index contributed by atoms with van der Waals surface area (Å²) < 4.78 is 7.00. The molecule has 0 saturated heterocycles. The van der Waals surface area contributed by atoms with E-state index in [1.165, 1.54) is 15.9 Å². The van der Waals surface area contributed by atoms with Crippen LogP contribution in [0.4, 0.5) is 0 Å². The maximum absolute atomic E-state index is 7.00. The molecule has 0 aliphatic rings. The standard InChI is InChI=1S/C25H27BrOSi/c1-25(2,3)28(23-12-6-4-7-13-23,24-14-8-5-9-15-24)27-22-18-16-21(17-19-22)11-10-20-26/h4-19H,20H2,1-3H3. The first kappa shape index (κ1) is 20.6. The zero-order chi connectivity index (χ0) is 20.0. The van der Waals surface area contributed by atoms with Gasteiger partial charge in [-0.15, -0.1) is 0 Å². The van der Waals surface area contributed by atoms with Crippen molar-refractivity contribution in [3.05, 3.63) is 96.6 Å². The molecule has 0 atom stereocenters. The van der Waals surface area contributed by atoms with Crippen molar-refractivity contribution in [2.24, 2.45) is 0 Å². The van der Waals surface area contributed by atoms with Crippen LogP contribution in [0, 0.1) is 0 Å². The molecule has 0 aliphatic heterocycles. The van der Waals surface area contributed by atoms with Gasteiger partial charge in [-0.25, -0.2) is 0 Å². The number of alkyl halides is 1. The Kier molecular flexibility index (Phi) is 6.58. The van der Waals surface area contributed by atoms with Crippen LogP contribution < -0.4 is 14.8 Å². The van der Waals surface area contributed by atoms with Crippen LogP contribution >= 0.6 is 15.9 Å². The fraction of sp³-hybridized carbons (Fsp3) is 0.200. The van der Waals surface area contributed by atoms with Gasteiger partial charge in [0.25, 0.3) is 0 Å². The van der Waals surface area contributed by atoms with Crippen molar-refractivity contribution in [2.45, 2.75) is 25.8 Å². The van der Waals surface area contributed by atoms with Crippen molar-refractivity contribution < 1.29 is 4.43 Å². The molecule has 3 heteroatoms. The van der Waals surface area contributed by atoms with Crippen molar-refractivity contribution >= 4 is 40.7 Å². The molecule has 0 bridgehead atoms. The minimum atomic E-state index is -2.56. The second-order valence-corrected chi connectivity index (χ2v) is 12.8. The molecule has 0 spiro atoms. The molecule has 0 aromatic heterocycles. The van der Waals surface area contributed by atoms with E-state index in [1.807, 2.05) is 0 Å². The molecule has 0 radical (unpaired) electrons. The molecule has 0 heterocycles. The van der Waals surface area contributed by atoms with Gasteiger partial charge >= 0.3 is 8.32 Å². The average molecular weight is 451 g/mol. The van der Waals surface area contributed by atoms with E-state index in [1.54, 1.807) is 0 Å². The highest BCUT2D eigenvalue weighted by Crippen LogP contribution is 2.37. The van der Waals surface area contributed by atoms with Gasteiger partial charge in [-0.2, -0.15) is 0 Å². The number of hydrogen-bond donors (Lipinski definition) is 0. The second-order valence-electron chi connectivity index (χ2n) is 7.89. The molecule has 3 aromatic carbocycles. The summed E-state index contributed by atoms with van der Waals surface area (Å²) in [7, 11) is -2.56. The van der Waals surface area contributed by atoms with Crippen molar-refractivity contribution in [3.63, 3.8) is 0 Å². The first-order chi connectivity index (χ1) is 13.5. The topological polar surface area (TPSA) is 9.23 Å². The summed E-state index contributed by atoms with van der Waals surface area (Å²) in [6.07, 6.45) is 4.21. The van der Waals surface area contributed by atoms with Crippen LogP contribution in [0.15, 0.2) is 91.0 Å². The monoisotopic (exact) mass is 450 g/mol. The van der Waals surface area contributed by atoms with E-state index in [0.717, 1.165) is 11.1 Å². The quantitative estimate of drug-likeness (QED) is 0.328. The Labute approximate surface area is 178 Å². The maximum atomic E-state index is 7.00. The number of halogens is 1. The van der Waals surface area contributed by atoms with E-state index in [4.69, 9.17) is 4.43 Å². The van der Waals surface area contributed by atoms with Crippen LogP contribution in [0.25, 0.3) is 6.08 Å². The highest BCUT2D eigenvalue weighted by atomic mass is 79.9. The Morgan fingerprint density at radius 1 is 0.786 bits per heavy atom. The summed E-state index contributed by atoms with van der Waals surface area (Å²) in [5.41, 5.74) is 1.18. The van der Waals surface area contributed by atoms with E-state index < -0.39 is 8.32 Å². The van der Waals surface area contributed by atoms with Crippen molar-refractivity contribution in [1.29, 1.82) is 0 Å². The molecule has 3 aromatic rings. The third-order valence-corrected chi connectivity index (χ3v) is 10.3. The molecule has 0 N–H and O–H groups in total. The summed E-state index contributed by atoms with van der Waals surface area (Å²) in [5.74, 6) is 0.922. The van der Waals surface area contributed by atoms with Gasteiger partial charge in [0.05, 0.1) is 0 Å². The smallest absolute Gasteiger partial charge is 0.319 e. The first-order valence-electron chi connectivity index (χ1n) is 9.60. The van der Waals surface area contributed by atoms with Crippen LogP contribution in [0.5, 0.6) is 5.75 Å².